The number of carbonyl (C=O) groups excluding carboxylic acids is 2. The van der Waals surface area contributed by atoms with Crippen molar-refractivity contribution < 1.29 is 14.0 Å². The van der Waals surface area contributed by atoms with E-state index in [1.54, 1.807) is 12.1 Å². The molecule has 2 unspecified atom stereocenters. The number of hydrazine groups is 2. The summed E-state index contributed by atoms with van der Waals surface area (Å²) in [6.07, 6.45) is 0.0440. The second-order valence-corrected chi connectivity index (χ2v) is 6.44. The van der Waals surface area contributed by atoms with Gasteiger partial charge < -0.3 is 0 Å². The maximum atomic E-state index is 12.9. The van der Waals surface area contributed by atoms with Crippen LogP contribution < -0.4 is 21.7 Å². The summed E-state index contributed by atoms with van der Waals surface area (Å²) in [5.41, 5.74) is 12.4. The van der Waals surface area contributed by atoms with Crippen molar-refractivity contribution in [3.63, 3.8) is 0 Å². The Balaban J connectivity index is 1.54. The topological polar surface area (TPSA) is 82.3 Å². The first kappa shape index (κ1) is 18.3. The number of hydrogen-bond donors (Lipinski definition) is 4. The molecule has 8 heteroatoms. The van der Waals surface area contributed by atoms with Crippen LogP contribution in [-0.2, 0) is 16.0 Å². The summed E-state index contributed by atoms with van der Waals surface area (Å²) in [5, 5.41) is 0.619. The van der Waals surface area contributed by atoms with Gasteiger partial charge in [-0.25, -0.2) is 9.82 Å². The van der Waals surface area contributed by atoms with E-state index in [0.717, 1.165) is 5.56 Å². The Morgan fingerprint density at radius 2 is 1.77 bits per heavy atom. The molecule has 1 saturated heterocycles. The van der Waals surface area contributed by atoms with Crippen molar-refractivity contribution >= 4 is 23.4 Å². The van der Waals surface area contributed by atoms with Crippen LogP contribution in [0.4, 0.5) is 4.39 Å². The van der Waals surface area contributed by atoms with Crippen molar-refractivity contribution in [1.29, 1.82) is 0 Å². The van der Waals surface area contributed by atoms with Crippen LogP contribution in [0.1, 0.15) is 17.2 Å². The van der Waals surface area contributed by atoms with E-state index < -0.39 is 5.92 Å². The highest BCUT2D eigenvalue weighted by molar-refractivity contribution is 6.30. The standard InChI is InChI=1S/C18H18ClFN4O2/c19-13-5-3-12(4-6-13)17-15(10-21-23-17)18(26)24-22-16(25)9-11-1-7-14(20)8-2-11/h1-8,15,17,21,23H,9-10H2,(H,22,25)(H,24,26). The molecule has 1 fully saturated rings. The molecule has 2 aromatic carbocycles. The van der Waals surface area contributed by atoms with Crippen molar-refractivity contribution in [3.05, 3.63) is 70.5 Å². The largest absolute Gasteiger partial charge is 0.273 e. The average Bonchev–Trinajstić information content (AvgIpc) is 3.12. The van der Waals surface area contributed by atoms with Gasteiger partial charge in [-0.05, 0) is 35.4 Å². The third kappa shape index (κ3) is 4.57. The van der Waals surface area contributed by atoms with E-state index in [4.69, 9.17) is 11.6 Å². The SMILES string of the molecule is O=C(Cc1ccc(F)cc1)NNC(=O)C1CNNC1c1ccc(Cl)cc1. The summed E-state index contributed by atoms with van der Waals surface area (Å²) >= 11 is 5.89. The maximum Gasteiger partial charge on any atom is 0.244 e. The van der Waals surface area contributed by atoms with Crippen LogP contribution in [0.5, 0.6) is 0 Å². The molecule has 1 heterocycles. The lowest BCUT2D eigenvalue weighted by Crippen LogP contribution is -2.46. The summed E-state index contributed by atoms with van der Waals surface area (Å²) < 4.78 is 12.9. The van der Waals surface area contributed by atoms with E-state index in [1.165, 1.54) is 24.3 Å². The predicted molar refractivity (Wildman–Crippen MR) is 95.2 cm³/mol. The number of benzene rings is 2. The third-order valence-electron chi connectivity index (χ3n) is 4.15. The smallest absolute Gasteiger partial charge is 0.244 e. The zero-order valence-electron chi connectivity index (χ0n) is 13.8. The van der Waals surface area contributed by atoms with Gasteiger partial charge in [-0.3, -0.25) is 25.9 Å². The quantitative estimate of drug-likeness (QED) is 0.611. The highest BCUT2D eigenvalue weighted by atomic mass is 35.5. The minimum atomic E-state index is -0.401. The number of amides is 2. The number of nitrogens with one attached hydrogen (secondary N) is 4. The molecule has 2 atom stereocenters. The van der Waals surface area contributed by atoms with Gasteiger partial charge in [0.15, 0.2) is 0 Å². The molecule has 0 bridgehead atoms. The van der Waals surface area contributed by atoms with Crippen molar-refractivity contribution in [3.8, 4) is 0 Å². The minimum Gasteiger partial charge on any atom is -0.273 e. The molecule has 0 spiro atoms. The second-order valence-electron chi connectivity index (χ2n) is 6.00. The second kappa shape index (κ2) is 8.27. The Bertz CT molecular complexity index is 783. The van der Waals surface area contributed by atoms with Gasteiger partial charge in [0.25, 0.3) is 0 Å². The summed E-state index contributed by atoms with van der Waals surface area (Å²) in [4.78, 5) is 24.4. The number of hydrogen-bond acceptors (Lipinski definition) is 4. The van der Waals surface area contributed by atoms with Crippen LogP contribution in [0.2, 0.25) is 5.02 Å². The van der Waals surface area contributed by atoms with Crippen LogP contribution in [0, 0.1) is 11.7 Å². The van der Waals surface area contributed by atoms with Crippen LogP contribution in [0.25, 0.3) is 0 Å². The molecule has 2 amide bonds. The molecule has 26 heavy (non-hydrogen) atoms. The number of carbonyl (C=O) groups is 2. The van der Waals surface area contributed by atoms with Crippen LogP contribution in [0.15, 0.2) is 48.5 Å². The molecule has 0 aliphatic carbocycles. The summed E-state index contributed by atoms with van der Waals surface area (Å²) in [6.45, 7) is 0.424. The monoisotopic (exact) mass is 376 g/mol. The number of halogens is 2. The van der Waals surface area contributed by atoms with Gasteiger partial charge in [-0.1, -0.05) is 35.9 Å². The van der Waals surface area contributed by atoms with Gasteiger partial charge >= 0.3 is 0 Å². The van der Waals surface area contributed by atoms with E-state index in [2.05, 4.69) is 21.7 Å². The molecular weight excluding hydrogens is 359 g/mol. The lowest BCUT2D eigenvalue weighted by atomic mass is 9.94. The molecule has 0 aromatic heterocycles. The first-order chi connectivity index (χ1) is 12.5. The third-order valence-corrected chi connectivity index (χ3v) is 4.40. The van der Waals surface area contributed by atoms with Crippen LogP contribution in [-0.4, -0.2) is 18.4 Å². The fourth-order valence-electron chi connectivity index (χ4n) is 2.78. The maximum absolute atomic E-state index is 12.9. The fourth-order valence-corrected chi connectivity index (χ4v) is 2.91. The van der Waals surface area contributed by atoms with Gasteiger partial charge in [0.05, 0.1) is 18.4 Å². The van der Waals surface area contributed by atoms with Gasteiger partial charge in [0, 0.05) is 11.6 Å². The highest BCUT2D eigenvalue weighted by Gasteiger charge is 2.34. The molecule has 1 aliphatic heterocycles. The average molecular weight is 377 g/mol. The van der Waals surface area contributed by atoms with E-state index in [0.29, 0.717) is 17.1 Å². The van der Waals surface area contributed by atoms with Gasteiger partial charge in [0.1, 0.15) is 5.82 Å². The van der Waals surface area contributed by atoms with Gasteiger partial charge in [-0.2, -0.15) is 0 Å². The lowest BCUT2D eigenvalue weighted by Gasteiger charge is -2.18. The Morgan fingerprint density at radius 1 is 1.08 bits per heavy atom. The molecule has 6 nitrogen and oxygen atoms in total. The van der Waals surface area contributed by atoms with Crippen molar-refractivity contribution in [2.24, 2.45) is 5.92 Å². The summed E-state index contributed by atoms with van der Waals surface area (Å²) in [7, 11) is 0. The molecule has 0 radical (unpaired) electrons. The van der Waals surface area contributed by atoms with Gasteiger partial charge in [0.2, 0.25) is 11.8 Å². The van der Waals surface area contributed by atoms with Crippen molar-refractivity contribution in [2.75, 3.05) is 6.54 Å². The Labute approximate surface area is 155 Å². The first-order valence-electron chi connectivity index (χ1n) is 8.10. The molecule has 0 saturated carbocycles. The predicted octanol–water partition coefficient (Wildman–Crippen LogP) is 1.63. The summed E-state index contributed by atoms with van der Waals surface area (Å²) in [6, 6.07) is 12.6. The Kier molecular flexibility index (Phi) is 5.82. The molecule has 3 rings (SSSR count). The number of rotatable bonds is 4. The van der Waals surface area contributed by atoms with Crippen LogP contribution >= 0.6 is 11.6 Å². The zero-order valence-corrected chi connectivity index (χ0v) is 14.5. The first-order valence-corrected chi connectivity index (χ1v) is 8.48. The molecule has 2 aromatic rings. The molecule has 1 aliphatic rings. The molecule has 136 valence electrons. The Hall–Kier alpha value is -2.48. The van der Waals surface area contributed by atoms with E-state index in [1.807, 2.05) is 12.1 Å². The van der Waals surface area contributed by atoms with Gasteiger partial charge in [-0.15, -0.1) is 0 Å². The van der Waals surface area contributed by atoms with Crippen LogP contribution in [0.3, 0.4) is 0 Å². The minimum absolute atomic E-state index is 0.0440. The Morgan fingerprint density at radius 3 is 2.46 bits per heavy atom. The summed E-state index contributed by atoms with van der Waals surface area (Å²) in [5.74, 6) is -1.46. The normalized spacial score (nSPS) is 19.2. The fraction of sp³-hybridized carbons (Fsp3) is 0.222. The molecule has 4 N–H and O–H groups in total. The van der Waals surface area contributed by atoms with Crippen molar-refractivity contribution in [1.82, 2.24) is 21.7 Å². The van der Waals surface area contributed by atoms with E-state index >= 15 is 0 Å². The van der Waals surface area contributed by atoms with E-state index in [9.17, 15) is 14.0 Å². The molecular formula is C18H18ClFN4O2. The zero-order chi connectivity index (χ0) is 18.5. The lowest BCUT2D eigenvalue weighted by molar-refractivity contribution is -0.131. The van der Waals surface area contributed by atoms with E-state index in [-0.39, 0.29) is 30.1 Å². The highest BCUT2D eigenvalue weighted by Crippen LogP contribution is 2.26. The van der Waals surface area contributed by atoms with Crippen molar-refractivity contribution in [2.45, 2.75) is 12.5 Å².